The fourth-order valence-corrected chi connectivity index (χ4v) is 3.95. The van der Waals surface area contributed by atoms with Gasteiger partial charge < -0.3 is 9.69 Å². The van der Waals surface area contributed by atoms with Crippen LogP contribution >= 0.6 is 11.8 Å². The lowest BCUT2D eigenvalue weighted by Gasteiger charge is -2.33. The molecule has 0 unspecified atom stereocenters. The van der Waals surface area contributed by atoms with Crippen molar-refractivity contribution < 1.29 is 9.59 Å². The van der Waals surface area contributed by atoms with Crippen molar-refractivity contribution in [1.29, 1.82) is 0 Å². The van der Waals surface area contributed by atoms with Crippen molar-refractivity contribution in [2.24, 2.45) is 5.92 Å². The van der Waals surface area contributed by atoms with Crippen LogP contribution in [0.3, 0.4) is 0 Å². The standard InChI is InChI=1S/C16H20N2O2S/c19-12-13-5-7-17(8-6-13)11-16(20)18-9-10-21-15-4-2-1-3-14(15)18/h1-4,12-13H,5-11H2. The van der Waals surface area contributed by atoms with Crippen LogP contribution in [0.25, 0.3) is 0 Å². The minimum absolute atomic E-state index is 0.173. The van der Waals surface area contributed by atoms with Crippen LogP contribution < -0.4 is 4.90 Å². The van der Waals surface area contributed by atoms with E-state index in [9.17, 15) is 9.59 Å². The molecule has 1 aromatic carbocycles. The van der Waals surface area contributed by atoms with E-state index in [1.165, 1.54) is 4.90 Å². The lowest BCUT2D eigenvalue weighted by molar-refractivity contribution is -0.120. The first kappa shape index (κ1) is 14.6. The molecule has 0 radical (unpaired) electrons. The molecule has 2 aliphatic rings. The van der Waals surface area contributed by atoms with Gasteiger partial charge in [0.1, 0.15) is 6.29 Å². The Bertz CT molecular complexity index is 527. The Morgan fingerprint density at radius 2 is 2.00 bits per heavy atom. The predicted octanol–water partition coefficient (Wildman–Crippen LogP) is 2.04. The van der Waals surface area contributed by atoms with Gasteiger partial charge in [-0.05, 0) is 38.1 Å². The maximum atomic E-state index is 12.6. The molecule has 0 spiro atoms. The van der Waals surface area contributed by atoms with Crippen molar-refractivity contribution >= 4 is 29.6 Å². The highest BCUT2D eigenvalue weighted by molar-refractivity contribution is 7.99. The molecule has 2 aliphatic heterocycles. The summed E-state index contributed by atoms with van der Waals surface area (Å²) in [5.41, 5.74) is 1.04. The molecule has 1 saturated heterocycles. The number of hydrogen-bond acceptors (Lipinski definition) is 4. The SMILES string of the molecule is O=CC1CCN(CC(=O)N2CCSc3ccccc32)CC1. The Balaban J connectivity index is 1.63. The first-order valence-electron chi connectivity index (χ1n) is 7.48. The van der Waals surface area contributed by atoms with Gasteiger partial charge in [-0.25, -0.2) is 0 Å². The van der Waals surface area contributed by atoms with Crippen LogP contribution in [0.2, 0.25) is 0 Å². The van der Waals surface area contributed by atoms with Crippen molar-refractivity contribution in [1.82, 2.24) is 4.90 Å². The third kappa shape index (κ3) is 3.30. The number of benzene rings is 1. The maximum absolute atomic E-state index is 12.6. The third-order valence-electron chi connectivity index (χ3n) is 4.21. The van der Waals surface area contributed by atoms with Gasteiger partial charge in [-0.3, -0.25) is 9.69 Å². The van der Waals surface area contributed by atoms with E-state index in [4.69, 9.17) is 0 Å². The summed E-state index contributed by atoms with van der Waals surface area (Å²) in [6.45, 7) is 2.94. The third-order valence-corrected chi connectivity index (χ3v) is 5.26. The first-order chi connectivity index (χ1) is 10.3. The molecule has 0 saturated carbocycles. The minimum Gasteiger partial charge on any atom is -0.309 e. The summed E-state index contributed by atoms with van der Waals surface area (Å²) >= 11 is 1.81. The van der Waals surface area contributed by atoms with E-state index < -0.39 is 0 Å². The van der Waals surface area contributed by atoms with E-state index in [0.717, 1.165) is 50.2 Å². The molecule has 1 fully saturated rings. The molecule has 2 heterocycles. The summed E-state index contributed by atoms with van der Waals surface area (Å²) in [7, 11) is 0. The number of thioether (sulfide) groups is 1. The number of amides is 1. The number of carbonyl (C=O) groups excluding carboxylic acids is 2. The number of para-hydroxylation sites is 1. The minimum atomic E-state index is 0.173. The van der Waals surface area contributed by atoms with Crippen molar-refractivity contribution in [2.45, 2.75) is 17.7 Å². The van der Waals surface area contributed by atoms with Crippen molar-refractivity contribution in [2.75, 3.05) is 36.8 Å². The lowest BCUT2D eigenvalue weighted by Crippen LogP contribution is -2.45. The van der Waals surface area contributed by atoms with Crippen molar-refractivity contribution in [3.63, 3.8) is 0 Å². The topological polar surface area (TPSA) is 40.6 Å². The molecule has 5 heteroatoms. The smallest absolute Gasteiger partial charge is 0.241 e. The van der Waals surface area contributed by atoms with E-state index in [1.54, 1.807) is 0 Å². The fourth-order valence-electron chi connectivity index (χ4n) is 2.95. The van der Waals surface area contributed by atoms with E-state index in [-0.39, 0.29) is 11.8 Å². The lowest BCUT2D eigenvalue weighted by atomic mass is 9.99. The summed E-state index contributed by atoms with van der Waals surface area (Å²) in [5, 5.41) is 0. The number of hydrogen-bond donors (Lipinski definition) is 0. The van der Waals surface area contributed by atoms with Gasteiger partial charge in [0, 0.05) is 23.1 Å². The maximum Gasteiger partial charge on any atom is 0.241 e. The molecule has 4 nitrogen and oxygen atoms in total. The van der Waals surface area contributed by atoms with Gasteiger partial charge in [-0.1, -0.05) is 12.1 Å². The summed E-state index contributed by atoms with van der Waals surface area (Å²) in [5.74, 6) is 1.31. The van der Waals surface area contributed by atoms with Gasteiger partial charge in [0.25, 0.3) is 0 Å². The monoisotopic (exact) mass is 304 g/mol. The van der Waals surface area contributed by atoms with Gasteiger partial charge in [0.15, 0.2) is 0 Å². The largest absolute Gasteiger partial charge is 0.309 e. The number of nitrogens with zero attached hydrogens (tertiary/aromatic N) is 2. The van der Waals surface area contributed by atoms with Crippen LogP contribution in [-0.2, 0) is 9.59 Å². The van der Waals surface area contributed by atoms with Crippen LogP contribution in [0.5, 0.6) is 0 Å². The molecule has 0 aromatic heterocycles. The molecular weight excluding hydrogens is 284 g/mol. The number of anilines is 1. The highest BCUT2D eigenvalue weighted by Crippen LogP contribution is 2.34. The Morgan fingerprint density at radius 3 is 2.76 bits per heavy atom. The van der Waals surface area contributed by atoms with E-state index in [1.807, 2.05) is 34.9 Å². The van der Waals surface area contributed by atoms with Crippen LogP contribution in [0.15, 0.2) is 29.2 Å². The number of aldehydes is 1. The summed E-state index contributed by atoms with van der Waals surface area (Å²) in [6, 6.07) is 8.11. The fraction of sp³-hybridized carbons (Fsp3) is 0.500. The highest BCUT2D eigenvalue weighted by Gasteiger charge is 2.26. The molecular formula is C16H20N2O2S. The Kier molecular flexibility index (Phi) is 4.60. The molecule has 112 valence electrons. The van der Waals surface area contributed by atoms with Crippen LogP contribution in [-0.4, -0.2) is 49.0 Å². The van der Waals surface area contributed by atoms with E-state index in [2.05, 4.69) is 11.0 Å². The zero-order valence-corrected chi connectivity index (χ0v) is 12.8. The number of piperidine rings is 1. The zero-order chi connectivity index (χ0) is 14.7. The molecule has 0 N–H and O–H groups in total. The van der Waals surface area contributed by atoms with Crippen molar-refractivity contribution in [3.8, 4) is 0 Å². The van der Waals surface area contributed by atoms with Gasteiger partial charge >= 0.3 is 0 Å². The van der Waals surface area contributed by atoms with Gasteiger partial charge in [0.2, 0.25) is 5.91 Å². The van der Waals surface area contributed by atoms with Crippen molar-refractivity contribution in [3.05, 3.63) is 24.3 Å². The van der Waals surface area contributed by atoms with Crippen LogP contribution in [0.1, 0.15) is 12.8 Å². The Hall–Kier alpha value is -1.33. The Morgan fingerprint density at radius 1 is 1.24 bits per heavy atom. The molecule has 3 rings (SSSR count). The summed E-state index contributed by atoms with van der Waals surface area (Å²) in [6.07, 6.45) is 2.81. The molecule has 1 amide bonds. The second kappa shape index (κ2) is 6.62. The quantitative estimate of drug-likeness (QED) is 0.801. The number of rotatable bonds is 3. The number of fused-ring (bicyclic) bond motifs is 1. The second-order valence-electron chi connectivity index (χ2n) is 5.61. The highest BCUT2D eigenvalue weighted by atomic mass is 32.2. The van der Waals surface area contributed by atoms with Gasteiger partial charge in [0.05, 0.1) is 12.2 Å². The second-order valence-corrected chi connectivity index (χ2v) is 6.75. The zero-order valence-electron chi connectivity index (χ0n) is 12.0. The summed E-state index contributed by atoms with van der Waals surface area (Å²) in [4.78, 5) is 28.6. The summed E-state index contributed by atoms with van der Waals surface area (Å²) < 4.78 is 0. The predicted molar refractivity (Wildman–Crippen MR) is 84.7 cm³/mol. The van der Waals surface area contributed by atoms with E-state index >= 15 is 0 Å². The molecule has 1 aromatic rings. The van der Waals surface area contributed by atoms with Crippen LogP contribution in [0.4, 0.5) is 5.69 Å². The normalized spacial score (nSPS) is 20.1. The molecule has 21 heavy (non-hydrogen) atoms. The number of likely N-dealkylation sites (tertiary alicyclic amines) is 1. The van der Waals surface area contributed by atoms with Gasteiger partial charge in [-0.2, -0.15) is 0 Å². The molecule has 0 bridgehead atoms. The first-order valence-corrected chi connectivity index (χ1v) is 8.46. The number of carbonyl (C=O) groups is 2. The Labute approximate surface area is 129 Å². The molecule has 0 atom stereocenters. The van der Waals surface area contributed by atoms with Crippen LogP contribution in [0, 0.1) is 5.92 Å². The average molecular weight is 304 g/mol. The van der Waals surface area contributed by atoms with E-state index in [0.29, 0.717) is 6.54 Å². The average Bonchev–Trinajstić information content (AvgIpc) is 2.55. The molecule has 0 aliphatic carbocycles. The van der Waals surface area contributed by atoms with Gasteiger partial charge in [-0.15, -0.1) is 11.8 Å².